The average molecular weight is 187 g/mol. The number of aromatic nitrogens is 3. The van der Waals surface area contributed by atoms with Gasteiger partial charge in [0.25, 0.3) is 0 Å². The van der Waals surface area contributed by atoms with Gasteiger partial charge in [-0.1, -0.05) is 6.92 Å². The zero-order valence-electron chi connectivity index (χ0n) is 7.13. The quantitative estimate of drug-likeness (QED) is 0.778. The third-order valence-electron chi connectivity index (χ3n) is 1.31. The highest BCUT2D eigenvalue weighted by Crippen LogP contribution is 2.05. The Hall–Kier alpha value is -0.900. The van der Waals surface area contributed by atoms with Crippen molar-refractivity contribution >= 4 is 17.5 Å². The zero-order chi connectivity index (χ0) is 8.97. The molecule has 0 radical (unpaired) electrons. The molecule has 0 aliphatic heterocycles. The van der Waals surface area contributed by atoms with Gasteiger partial charge in [-0.05, 0) is 18.5 Å². The van der Waals surface area contributed by atoms with Crippen molar-refractivity contribution < 1.29 is 0 Å². The molecule has 0 spiro atoms. The predicted octanol–water partition coefficient (Wildman–Crippen LogP) is 1.52. The maximum absolute atomic E-state index is 5.66. The second kappa shape index (κ2) is 4.21. The Morgan fingerprint density at radius 3 is 2.58 bits per heavy atom. The predicted molar refractivity (Wildman–Crippen MR) is 48.4 cm³/mol. The van der Waals surface area contributed by atoms with Crippen LogP contribution in [0.3, 0.4) is 0 Å². The molecule has 5 heteroatoms. The molecule has 0 aromatic carbocycles. The van der Waals surface area contributed by atoms with Crippen molar-refractivity contribution in [3.63, 3.8) is 0 Å². The molecule has 1 rings (SSSR count). The lowest BCUT2D eigenvalue weighted by molar-refractivity contribution is 0.894. The lowest BCUT2D eigenvalue weighted by Crippen LogP contribution is -2.05. The Morgan fingerprint density at radius 1 is 1.25 bits per heavy atom. The Kier molecular flexibility index (Phi) is 3.22. The molecule has 1 N–H and O–H groups in total. The molecule has 66 valence electrons. The summed E-state index contributed by atoms with van der Waals surface area (Å²) in [6.07, 6.45) is 0.765. The Labute approximate surface area is 76.4 Å². The van der Waals surface area contributed by atoms with Gasteiger partial charge in [-0.2, -0.15) is 9.97 Å². The largest absolute Gasteiger partial charge is 0.354 e. The summed E-state index contributed by atoms with van der Waals surface area (Å²) in [5, 5.41) is 3.22. The van der Waals surface area contributed by atoms with Crippen molar-refractivity contribution in [2.75, 3.05) is 11.9 Å². The molecule has 0 aliphatic carbocycles. The van der Waals surface area contributed by atoms with Crippen molar-refractivity contribution in [2.45, 2.75) is 20.3 Å². The molecule has 1 aromatic rings. The van der Waals surface area contributed by atoms with Crippen molar-refractivity contribution in [3.05, 3.63) is 11.1 Å². The fourth-order valence-electron chi connectivity index (χ4n) is 0.786. The summed E-state index contributed by atoms with van der Waals surface area (Å²) in [6.45, 7) is 4.73. The van der Waals surface area contributed by atoms with E-state index in [2.05, 4.69) is 20.3 Å². The minimum Gasteiger partial charge on any atom is -0.354 e. The standard InChI is InChI=1S/C7H11ClN4/c1-3-5-10-6(8)12-7(11-5)9-4-2/h3-4H2,1-2H3,(H,9,10,11,12). The normalized spacial score (nSPS) is 9.92. The van der Waals surface area contributed by atoms with Crippen LogP contribution in [-0.2, 0) is 6.42 Å². The van der Waals surface area contributed by atoms with Crippen LogP contribution in [0.2, 0.25) is 5.28 Å². The van der Waals surface area contributed by atoms with Gasteiger partial charge in [0, 0.05) is 13.0 Å². The number of nitrogens with one attached hydrogen (secondary N) is 1. The third-order valence-corrected chi connectivity index (χ3v) is 1.47. The Bertz CT molecular complexity index is 264. The van der Waals surface area contributed by atoms with Crippen LogP contribution in [0.4, 0.5) is 5.95 Å². The lowest BCUT2D eigenvalue weighted by atomic mass is 10.5. The molecule has 4 nitrogen and oxygen atoms in total. The van der Waals surface area contributed by atoms with Crippen LogP contribution in [0.5, 0.6) is 0 Å². The fraction of sp³-hybridized carbons (Fsp3) is 0.571. The first-order chi connectivity index (χ1) is 5.76. The SMILES string of the molecule is CCNc1nc(Cl)nc(CC)n1. The van der Waals surface area contributed by atoms with Gasteiger partial charge in [0.1, 0.15) is 5.82 Å². The smallest absolute Gasteiger partial charge is 0.227 e. The van der Waals surface area contributed by atoms with E-state index in [1.807, 2.05) is 13.8 Å². The average Bonchev–Trinajstić information content (AvgIpc) is 2.04. The van der Waals surface area contributed by atoms with E-state index in [0.29, 0.717) is 11.8 Å². The lowest BCUT2D eigenvalue weighted by Gasteiger charge is -2.02. The van der Waals surface area contributed by atoms with Crippen LogP contribution in [0, 0.1) is 0 Å². The summed E-state index contributed by atoms with van der Waals surface area (Å²) in [5.74, 6) is 1.26. The summed E-state index contributed by atoms with van der Waals surface area (Å²) in [6, 6.07) is 0. The van der Waals surface area contributed by atoms with Gasteiger partial charge in [0.15, 0.2) is 0 Å². The first kappa shape index (κ1) is 9.19. The molecule has 12 heavy (non-hydrogen) atoms. The first-order valence-electron chi connectivity index (χ1n) is 3.90. The Morgan fingerprint density at radius 2 is 2.00 bits per heavy atom. The molecule has 0 unspecified atom stereocenters. The molecular weight excluding hydrogens is 176 g/mol. The maximum atomic E-state index is 5.66. The van der Waals surface area contributed by atoms with Crippen LogP contribution in [0.1, 0.15) is 19.7 Å². The van der Waals surface area contributed by atoms with Crippen LogP contribution in [-0.4, -0.2) is 21.5 Å². The van der Waals surface area contributed by atoms with Crippen LogP contribution < -0.4 is 5.32 Å². The van der Waals surface area contributed by atoms with E-state index in [9.17, 15) is 0 Å². The van der Waals surface area contributed by atoms with Crippen molar-refractivity contribution in [3.8, 4) is 0 Å². The number of nitrogens with zero attached hydrogens (tertiary/aromatic N) is 3. The molecule has 0 aliphatic rings. The first-order valence-corrected chi connectivity index (χ1v) is 4.28. The molecule has 0 fully saturated rings. The van der Waals surface area contributed by atoms with Crippen molar-refractivity contribution in [1.29, 1.82) is 0 Å². The minimum absolute atomic E-state index is 0.248. The van der Waals surface area contributed by atoms with Gasteiger partial charge >= 0.3 is 0 Å². The van der Waals surface area contributed by atoms with E-state index in [1.165, 1.54) is 0 Å². The summed E-state index contributed by atoms with van der Waals surface area (Å²) in [7, 11) is 0. The highest BCUT2D eigenvalue weighted by Gasteiger charge is 2.00. The maximum Gasteiger partial charge on any atom is 0.227 e. The minimum atomic E-state index is 0.248. The topological polar surface area (TPSA) is 50.7 Å². The van der Waals surface area contributed by atoms with E-state index in [4.69, 9.17) is 11.6 Å². The summed E-state index contributed by atoms with van der Waals surface area (Å²) < 4.78 is 0. The summed E-state index contributed by atoms with van der Waals surface area (Å²) in [4.78, 5) is 12.0. The summed E-state index contributed by atoms with van der Waals surface area (Å²) in [5.41, 5.74) is 0. The fourth-order valence-corrected chi connectivity index (χ4v) is 0.964. The van der Waals surface area contributed by atoms with Crippen LogP contribution in [0.25, 0.3) is 0 Å². The molecule has 0 amide bonds. The molecule has 1 heterocycles. The van der Waals surface area contributed by atoms with Gasteiger partial charge in [-0.3, -0.25) is 0 Å². The van der Waals surface area contributed by atoms with E-state index in [-0.39, 0.29) is 5.28 Å². The number of hydrogen-bond donors (Lipinski definition) is 1. The monoisotopic (exact) mass is 186 g/mol. The van der Waals surface area contributed by atoms with E-state index in [1.54, 1.807) is 0 Å². The summed E-state index contributed by atoms with van der Waals surface area (Å²) >= 11 is 5.66. The molecular formula is C7H11ClN4. The van der Waals surface area contributed by atoms with Gasteiger partial charge < -0.3 is 5.32 Å². The number of hydrogen-bond acceptors (Lipinski definition) is 4. The van der Waals surface area contributed by atoms with Crippen molar-refractivity contribution in [1.82, 2.24) is 15.0 Å². The second-order valence-corrected chi connectivity index (χ2v) is 2.57. The van der Waals surface area contributed by atoms with Gasteiger partial charge in [0.05, 0.1) is 0 Å². The number of rotatable bonds is 3. The van der Waals surface area contributed by atoms with Gasteiger partial charge in [-0.15, -0.1) is 0 Å². The number of aryl methyl sites for hydroxylation is 1. The number of halogens is 1. The third kappa shape index (κ3) is 2.30. The molecule has 1 aromatic heterocycles. The molecule has 0 saturated heterocycles. The zero-order valence-corrected chi connectivity index (χ0v) is 7.89. The Balaban J connectivity index is 2.90. The second-order valence-electron chi connectivity index (χ2n) is 2.23. The van der Waals surface area contributed by atoms with Crippen molar-refractivity contribution in [2.24, 2.45) is 0 Å². The van der Waals surface area contributed by atoms with E-state index < -0.39 is 0 Å². The van der Waals surface area contributed by atoms with E-state index in [0.717, 1.165) is 13.0 Å². The van der Waals surface area contributed by atoms with Gasteiger partial charge in [-0.25, -0.2) is 4.98 Å². The number of anilines is 1. The highest BCUT2D eigenvalue weighted by molar-refractivity contribution is 6.28. The highest BCUT2D eigenvalue weighted by atomic mass is 35.5. The van der Waals surface area contributed by atoms with Gasteiger partial charge in [0.2, 0.25) is 11.2 Å². The van der Waals surface area contributed by atoms with Crippen LogP contribution in [0.15, 0.2) is 0 Å². The molecule has 0 saturated carbocycles. The van der Waals surface area contributed by atoms with E-state index >= 15 is 0 Å². The molecule has 0 bridgehead atoms. The van der Waals surface area contributed by atoms with Crippen LogP contribution >= 0.6 is 11.6 Å². The molecule has 0 atom stereocenters.